The molecule has 0 bridgehead atoms. The summed E-state index contributed by atoms with van der Waals surface area (Å²) in [4.78, 5) is 0. The van der Waals surface area contributed by atoms with E-state index in [1.807, 2.05) is 0 Å². The predicted octanol–water partition coefficient (Wildman–Crippen LogP) is 6.65. The van der Waals surface area contributed by atoms with Gasteiger partial charge < -0.3 is 4.74 Å². The molecule has 3 saturated carbocycles. The fraction of sp³-hybridized carbons (Fsp3) is 1.00. The van der Waals surface area contributed by atoms with Crippen LogP contribution in [0.25, 0.3) is 0 Å². The molecular weight excluding hydrogens is 363 g/mol. The molecule has 3 fully saturated rings. The summed E-state index contributed by atoms with van der Waals surface area (Å²) in [5.74, 6) is -1.13. The Morgan fingerprint density at radius 3 is 1.89 bits per heavy atom. The lowest BCUT2D eigenvalue weighted by atomic mass is 9.68. The number of hydrogen-bond donors (Lipinski definition) is 0. The van der Waals surface area contributed by atoms with Gasteiger partial charge in [-0.2, -0.15) is 8.78 Å². The van der Waals surface area contributed by atoms with Crippen molar-refractivity contribution < 1.29 is 26.7 Å². The Morgan fingerprint density at radius 1 is 0.741 bits per heavy atom. The zero-order valence-electron chi connectivity index (χ0n) is 16.4. The molecule has 158 valence electrons. The van der Waals surface area contributed by atoms with Crippen molar-refractivity contribution in [3.63, 3.8) is 0 Å². The van der Waals surface area contributed by atoms with E-state index in [4.69, 9.17) is 4.74 Å². The van der Waals surface area contributed by atoms with Gasteiger partial charge in [-0.05, 0) is 56.3 Å². The van der Waals surface area contributed by atoms with Crippen LogP contribution in [0, 0.1) is 29.6 Å². The normalized spacial score (nSPS) is 47.0. The van der Waals surface area contributed by atoms with Crippen LogP contribution in [0.3, 0.4) is 0 Å². The molecule has 3 aliphatic rings. The monoisotopic (exact) mass is 396 g/mol. The van der Waals surface area contributed by atoms with Gasteiger partial charge in [-0.25, -0.2) is 13.2 Å². The molecule has 5 unspecified atom stereocenters. The largest absolute Gasteiger partial charge is 0.358 e. The van der Waals surface area contributed by atoms with Gasteiger partial charge in [-0.15, -0.1) is 0 Å². The molecule has 0 radical (unpaired) electrons. The number of halogens is 5. The Labute approximate surface area is 159 Å². The van der Waals surface area contributed by atoms with E-state index in [0.29, 0.717) is 25.2 Å². The second-order valence-electron chi connectivity index (χ2n) is 9.37. The lowest BCUT2D eigenvalue weighted by molar-refractivity contribution is -0.306. The highest BCUT2D eigenvalue weighted by Gasteiger charge is 2.48. The van der Waals surface area contributed by atoms with E-state index < -0.39 is 42.6 Å². The molecule has 0 aromatic carbocycles. The number of rotatable bonds is 4. The van der Waals surface area contributed by atoms with E-state index in [9.17, 15) is 22.0 Å². The highest BCUT2D eigenvalue weighted by atomic mass is 19.3. The van der Waals surface area contributed by atoms with Crippen molar-refractivity contribution in [2.24, 2.45) is 29.6 Å². The summed E-state index contributed by atoms with van der Waals surface area (Å²) >= 11 is 0. The minimum atomic E-state index is -3.37. The maximum absolute atomic E-state index is 14.6. The Bertz CT molecular complexity index is 467. The van der Waals surface area contributed by atoms with Gasteiger partial charge in [0.05, 0.1) is 12.0 Å². The molecule has 6 heteroatoms. The van der Waals surface area contributed by atoms with Crippen LogP contribution >= 0.6 is 0 Å². The summed E-state index contributed by atoms with van der Waals surface area (Å²) in [5, 5.41) is 0. The van der Waals surface area contributed by atoms with Crippen LogP contribution < -0.4 is 0 Å². The molecule has 1 nitrogen and oxygen atoms in total. The molecule has 3 rings (SSSR count). The minimum Gasteiger partial charge on any atom is -0.317 e. The van der Waals surface area contributed by atoms with Crippen LogP contribution in [-0.4, -0.2) is 30.7 Å². The highest BCUT2D eigenvalue weighted by molar-refractivity contribution is 4.89. The molecule has 0 saturated heterocycles. The summed E-state index contributed by atoms with van der Waals surface area (Å²) in [6.45, 7) is 3.53. The van der Waals surface area contributed by atoms with Gasteiger partial charge in [-0.3, -0.25) is 0 Å². The van der Waals surface area contributed by atoms with Gasteiger partial charge in [0, 0.05) is 18.8 Å². The quantitative estimate of drug-likeness (QED) is 0.483. The van der Waals surface area contributed by atoms with Crippen molar-refractivity contribution in [2.75, 3.05) is 0 Å². The number of ether oxygens (including phenoxy) is 1. The van der Waals surface area contributed by atoms with Gasteiger partial charge >= 0.3 is 6.11 Å². The van der Waals surface area contributed by atoms with E-state index in [1.165, 1.54) is 6.92 Å². The Hall–Kier alpha value is -0.390. The first kappa shape index (κ1) is 21.3. The zero-order chi connectivity index (χ0) is 19.8. The second kappa shape index (κ2) is 8.54. The van der Waals surface area contributed by atoms with Crippen molar-refractivity contribution in [1.82, 2.24) is 0 Å². The molecule has 27 heavy (non-hydrogen) atoms. The molecule has 3 aliphatic carbocycles. The molecule has 0 amide bonds. The maximum atomic E-state index is 14.6. The number of hydrogen-bond acceptors (Lipinski definition) is 1. The van der Waals surface area contributed by atoms with Crippen molar-refractivity contribution in [3.8, 4) is 0 Å². The average molecular weight is 396 g/mol. The first-order valence-corrected chi connectivity index (χ1v) is 10.6. The van der Waals surface area contributed by atoms with E-state index in [0.717, 1.165) is 12.8 Å². The summed E-state index contributed by atoms with van der Waals surface area (Å²) < 4.78 is 76.2. The minimum absolute atomic E-state index is 0.00360. The standard InChI is InChI=1S/C21H33F5O/c1-12-3-8-17(20(24)9-12)14-4-6-15(7-5-14)21(25,26)27-16-10-18(22)13(2)19(23)11-16/h12-20H,3-11H2,1-2H3. The molecule has 0 N–H and O–H groups in total. The maximum Gasteiger partial charge on any atom is 0.358 e. The van der Waals surface area contributed by atoms with Crippen LogP contribution in [0.1, 0.15) is 71.6 Å². The first-order valence-electron chi connectivity index (χ1n) is 10.6. The fourth-order valence-electron chi connectivity index (χ4n) is 5.42. The molecule has 0 aromatic heterocycles. The van der Waals surface area contributed by atoms with Gasteiger partial charge in [0.25, 0.3) is 0 Å². The topological polar surface area (TPSA) is 9.23 Å². The Morgan fingerprint density at radius 2 is 1.33 bits per heavy atom. The average Bonchev–Trinajstić information content (AvgIpc) is 2.59. The van der Waals surface area contributed by atoms with Gasteiger partial charge in [0.1, 0.15) is 18.5 Å². The summed E-state index contributed by atoms with van der Waals surface area (Å²) in [6, 6.07) is 0. The predicted molar refractivity (Wildman–Crippen MR) is 94.9 cm³/mol. The van der Waals surface area contributed by atoms with Crippen LogP contribution in [0.5, 0.6) is 0 Å². The van der Waals surface area contributed by atoms with E-state index in [2.05, 4.69) is 6.92 Å². The van der Waals surface area contributed by atoms with Crippen LogP contribution in [-0.2, 0) is 4.74 Å². The summed E-state index contributed by atoms with van der Waals surface area (Å²) in [7, 11) is 0. The molecule has 5 atom stereocenters. The van der Waals surface area contributed by atoms with E-state index >= 15 is 0 Å². The van der Waals surface area contributed by atoms with Gasteiger partial charge in [0.15, 0.2) is 0 Å². The second-order valence-corrected chi connectivity index (χ2v) is 9.37. The Balaban J connectivity index is 1.51. The Kier molecular flexibility index (Phi) is 6.75. The molecule has 0 heterocycles. The summed E-state index contributed by atoms with van der Waals surface area (Å²) in [5.41, 5.74) is 0. The van der Waals surface area contributed by atoms with E-state index in [-0.39, 0.29) is 37.5 Å². The fourth-order valence-corrected chi connectivity index (χ4v) is 5.42. The molecule has 0 spiro atoms. The highest BCUT2D eigenvalue weighted by Crippen LogP contribution is 2.47. The van der Waals surface area contributed by atoms with Gasteiger partial charge in [0.2, 0.25) is 0 Å². The third kappa shape index (κ3) is 4.97. The summed E-state index contributed by atoms with van der Waals surface area (Å²) in [6.07, 6.45) is -4.30. The van der Waals surface area contributed by atoms with Crippen molar-refractivity contribution in [2.45, 2.75) is 102 Å². The van der Waals surface area contributed by atoms with Crippen LogP contribution in [0.4, 0.5) is 22.0 Å². The van der Waals surface area contributed by atoms with Crippen LogP contribution in [0.15, 0.2) is 0 Å². The van der Waals surface area contributed by atoms with Crippen molar-refractivity contribution in [3.05, 3.63) is 0 Å². The van der Waals surface area contributed by atoms with E-state index in [1.54, 1.807) is 0 Å². The third-order valence-electron chi connectivity index (χ3n) is 7.38. The number of alkyl halides is 5. The lowest BCUT2D eigenvalue weighted by Gasteiger charge is -2.41. The molecule has 0 aromatic rings. The van der Waals surface area contributed by atoms with Gasteiger partial charge in [-0.1, -0.05) is 20.3 Å². The smallest absolute Gasteiger partial charge is 0.317 e. The molecular formula is C21H33F5O. The van der Waals surface area contributed by atoms with Crippen molar-refractivity contribution >= 4 is 0 Å². The first-order chi connectivity index (χ1) is 12.7. The van der Waals surface area contributed by atoms with Crippen LogP contribution in [0.2, 0.25) is 0 Å². The lowest BCUT2D eigenvalue weighted by Crippen LogP contribution is -2.44. The van der Waals surface area contributed by atoms with Crippen molar-refractivity contribution in [1.29, 1.82) is 0 Å². The SMILES string of the molecule is CC1CCC(C2CCC(C(F)(F)OC3CC(F)C(C)C(F)C3)CC2)C(F)C1. The molecule has 0 aliphatic heterocycles. The zero-order valence-corrected chi connectivity index (χ0v) is 16.4. The third-order valence-corrected chi connectivity index (χ3v) is 7.38.